The van der Waals surface area contributed by atoms with Crippen LogP contribution in [0.5, 0.6) is 0 Å². The van der Waals surface area contributed by atoms with Gasteiger partial charge in [0.1, 0.15) is 6.10 Å². The number of benzene rings is 1. The number of hydrogen-bond acceptors (Lipinski definition) is 4. The molecule has 2 heterocycles. The van der Waals surface area contributed by atoms with Crippen molar-refractivity contribution in [3.8, 4) is 0 Å². The zero-order chi connectivity index (χ0) is 16.2. The Morgan fingerprint density at radius 3 is 2.52 bits per heavy atom. The van der Waals surface area contributed by atoms with Crippen molar-refractivity contribution in [3.63, 3.8) is 0 Å². The minimum absolute atomic E-state index is 0.0120. The molecule has 1 aromatic carbocycles. The predicted octanol–water partition coefficient (Wildman–Crippen LogP) is 1.83. The third-order valence-corrected chi connectivity index (χ3v) is 4.82. The Balaban J connectivity index is 1.63. The zero-order valence-corrected chi connectivity index (χ0v) is 14.0. The van der Waals surface area contributed by atoms with Crippen molar-refractivity contribution in [2.24, 2.45) is 0 Å². The summed E-state index contributed by atoms with van der Waals surface area (Å²) in [5.74, 6) is 0.0633. The Labute approximate surface area is 142 Å². The molecular formula is C17H22N2O3S. The second-order valence-electron chi connectivity index (χ2n) is 5.99. The van der Waals surface area contributed by atoms with Crippen molar-refractivity contribution < 1.29 is 14.3 Å². The lowest BCUT2D eigenvalue weighted by Crippen LogP contribution is -2.41. The molecule has 2 aliphatic heterocycles. The van der Waals surface area contributed by atoms with E-state index in [-0.39, 0.29) is 17.9 Å². The van der Waals surface area contributed by atoms with E-state index < -0.39 is 0 Å². The van der Waals surface area contributed by atoms with Crippen LogP contribution < -0.4 is 0 Å². The van der Waals surface area contributed by atoms with Crippen LogP contribution >= 0.6 is 12.6 Å². The third-order valence-electron chi connectivity index (χ3n) is 4.43. The largest absolute Gasteiger partial charge is 0.368 e. The maximum absolute atomic E-state index is 12.7. The molecule has 124 valence electrons. The highest BCUT2D eigenvalue weighted by Crippen LogP contribution is 2.19. The number of carbonyl (C=O) groups is 2. The molecule has 23 heavy (non-hydrogen) atoms. The average Bonchev–Trinajstić information content (AvgIpc) is 2.98. The highest BCUT2D eigenvalue weighted by Gasteiger charge is 2.30. The zero-order valence-electron chi connectivity index (χ0n) is 13.1. The number of amides is 2. The fraction of sp³-hybridized carbons (Fsp3) is 0.529. The molecule has 3 rings (SSSR count). The van der Waals surface area contributed by atoms with Crippen LogP contribution in [0.15, 0.2) is 29.2 Å². The highest BCUT2D eigenvalue weighted by molar-refractivity contribution is 7.80. The van der Waals surface area contributed by atoms with E-state index in [0.29, 0.717) is 43.2 Å². The summed E-state index contributed by atoms with van der Waals surface area (Å²) in [6.45, 7) is 3.15. The summed E-state index contributed by atoms with van der Waals surface area (Å²) in [6.07, 6.45) is 2.27. The quantitative estimate of drug-likeness (QED) is 0.840. The van der Waals surface area contributed by atoms with E-state index in [1.807, 2.05) is 28.0 Å². The van der Waals surface area contributed by atoms with Crippen LogP contribution in [0, 0.1) is 0 Å². The average molecular weight is 334 g/mol. The van der Waals surface area contributed by atoms with Crippen molar-refractivity contribution in [3.05, 3.63) is 29.8 Å². The highest BCUT2D eigenvalue weighted by atomic mass is 32.1. The molecule has 5 nitrogen and oxygen atoms in total. The summed E-state index contributed by atoms with van der Waals surface area (Å²) in [6, 6.07) is 7.33. The lowest BCUT2D eigenvalue weighted by molar-refractivity contribution is -0.140. The van der Waals surface area contributed by atoms with Gasteiger partial charge >= 0.3 is 0 Å². The van der Waals surface area contributed by atoms with Gasteiger partial charge in [0.25, 0.3) is 11.8 Å². The number of nitrogens with zero attached hydrogens (tertiary/aromatic N) is 2. The first kappa shape index (κ1) is 16.3. The Morgan fingerprint density at radius 1 is 1.04 bits per heavy atom. The molecule has 0 aliphatic carbocycles. The molecular weight excluding hydrogens is 312 g/mol. The molecule has 0 spiro atoms. The van der Waals surface area contributed by atoms with Crippen molar-refractivity contribution >= 4 is 24.4 Å². The minimum Gasteiger partial charge on any atom is -0.368 e. The molecule has 2 saturated heterocycles. The van der Waals surface area contributed by atoms with E-state index in [1.165, 1.54) is 0 Å². The van der Waals surface area contributed by atoms with E-state index in [0.717, 1.165) is 19.3 Å². The number of carbonyl (C=O) groups excluding carboxylic acids is 2. The standard InChI is InChI=1S/C17H22N2O3S/c20-16(13-5-1-2-7-15(13)23)18-8-4-9-19(11-10-18)17(21)14-6-3-12-22-14/h1-2,5,7,14,23H,3-4,6,8-12H2. The fourth-order valence-electron chi connectivity index (χ4n) is 3.14. The van der Waals surface area contributed by atoms with Gasteiger partial charge in [-0.15, -0.1) is 12.6 Å². The Hall–Kier alpha value is -1.53. The molecule has 2 fully saturated rings. The first-order valence-corrected chi connectivity index (χ1v) is 8.59. The fourth-order valence-corrected chi connectivity index (χ4v) is 3.40. The summed E-state index contributed by atoms with van der Waals surface area (Å²) < 4.78 is 5.49. The van der Waals surface area contributed by atoms with Crippen molar-refractivity contribution in [2.45, 2.75) is 30.3 Å². The first-order valence-electron chi connectivity index (χ1n) is 8.14. The third kappa shape index (κ3) is 3.70. The summed E-state index contributed by atoms with van der Waals surface area (Å²) in [5, 5.41) is 0. The van der Waals surface area contributed by atoms with Gasteiger partial charge in [-0.3, -0.25) is 9.59 Å². The second kappa shape index (κ2) is 7.36. The number of ether oxygens (including phenoxy) is 1. The first-order chi connectivity index (χ1) is 11.2. The van der Waals surface area contributed by atoms with Crippen LogP contribution in [0.2, 0.25) is 0 Å². The number of thiol groups is 1. The van der Waals surface area contributed by atoms with Gasteiger partial charge in [-0.05, 0) is 31.4 Å². The van der Waals surface area contributed by atoms with Gasteiger partial charge in [0.15, 0.2) is 0 Å². The van der Waals surface area contributed by atoms with Crippen molar-refractivity contribution in [1.82, 2.24) is 9.80 Å². The summed E-state index contributed by atoms with van der Waals surface area (Å²) >= 11 is 4.36. The smallest absolute Gasteiger partial charge is 0.255 e. The van der Waals surface area contributed by atoms with Gasteiger partial charge in [-0.1, -0.05) is 12.1 Å². The van der Waals surface area contributed by atoms with Crippen molar-refractivity contribution in [1.29, 1.82) is 0 Å². The lowest BCUT2D eigenvalue weighted by atomic mass is 10.2. The normalized spacial score (nSPS) is 22.0. The monoisotopic (exact) mass is 334 g/mol. The van der Waals surface area contributed by atoms with Gasteiger partial charge in [0.05, 0.1) is 5.56 Å². The van der Waals surface area contributed by atoms with E-state index >= 15 is 0 Å². The molecule has 1 aromatic rings. The minimum atomic E-state index is -0.282. The van der Waals surface area contributed by atoms with Gasteiger partial charge in [-0.2, -0.15) is 0 Å². The molecule has 1 atom stereocenters. The van der Waals surface area contributed by atoms with Crippen LogP contribution in [-0.4, -0.2) is 60.5 Å². The molecule has 1 unspecified atom stereocenters. The van der Waals surface area contributed by atoms with Crippen LogP contribution in [0.25, 0.3) is 0 Å². The molecule has 6 heteroatoms. The summed E-state index contributed by atoms with van der Waals surface area (Å²) in [5.41, 5.74) is 0.620. The van der Waals surface area contributed by atoms with Crippen LogP contribution in [0.4, 0.5) is 0 Å². The van der Waals surface area contributed by atoms with Crippen molar-refractivity contribution in [2.75, 3.05) is 32.8 Å². The molecule has 2 amide bonds. The molecule has 0 radical (unpaired) electrons. The lowest BCUT2D eigenvalue weighted by Gasteiger charge is -2.24. The van der Waals surface area contributed by atoms with E-state index in [4.69, 9.17) is 4.74 Å². The molecule has 0 N–H and O–H groups in total. The molecule has 0 bridgehead atoms. The van der Waals surface area contributed by atoms with E-state index in [9.17, 15) is 9.59 Å². The van der Waals surface area contributed by atoms with E-state index in [2.05, 4.69) is 12.6 Å². The predicted molar refractivity (Wildman–Crippen MR) is 89.8 cm³/mol. The SMILES string of the molecule is O=C(c1ccccc1S)N1CCCN(C(=O)C2CCCO2)CC1. The number of hydrogen-bond donors (Lipinski definition) is 1. The molecule has 0 aromatic heterocycles. The Kier molecular flexibility index (Phi) is 5.23. The van der Waals surface area contributed by atoms with Gasteiger partial charge in [-0.25, -0.2) is 0 Å². The van der Waals surface area contributed by atoms with Crippen LogP contribution in [0.3, 0.4) is 0 Å². The topological polar surface area (TPSA) is 49.9 Å². The number of rotatable bonds is 2. The van der Waals surface area contributed by atoms with Crippen LogP contribution in [0.1, 0.15) is 29.6 Å². The molecule has 0 saturated carbocycles. The summed E-state index contributed by atoms with van der Waals surface area (Å²) in [4.78, 5) is 29.4. The van der Waals surface area contributed by atoms with Crippen LogP contribution in [-0.2, 0) is 9.53 Å². The Bertz CT molecular complexity index is 587. The van der Waals surface area contributed by atoms with Gasteiger partial charge < -0.3 is 14.5 Å². The van der Waals surface area contributed by atoms with Gasteiger partial charge in [0, 0.05) is 37.7 Å². The maximum Gasteiger partial charge on any atom is 0.255 e. The van der Waals surface area contributed by atoms with Gasteiger partial charge in [0.2, 0.25) is 0 Å². The maximum atomic E-state index is 12.7. The molecule has 2 aliphatic rings. The summed E-state index contributed by atoms with van der Waals surface area (Å²) in [7, 11) is 0. The Morgan fingerprint density at radius 2 is 1.78 bits per heavy atom. The van der Waals surface area contributed by atoms with E-state index in [1.54, 1.807) is 6.07 Å². The second-order valence-corrected chi connectivity index (χ2v) is 6.47.